The van der Waals surface area contributed by atoms with Gasteiger partial charge in [0.1, 0.15) is 11.6 Å². The molecule has 2 aromatic heterocycles. The van der Waals surface area contributed by atoms with Crippen LogP contribution in [0.25, 0.3) is 5.70 Å². The Morgan fingerprint density at radius 2 is 1.79 bits per heavy atom. The highest BCUT2D eigenvalue weighted by molar-refractivity contribution is 6.30. The molecule has 0 saturated heterocycles. The van der Waals surface area contributed by atoms with Crippen molar-refractivity contribution in [2.45, 2.75) is 6.54 Å². The fraction of sp³-hybridized carbons (Fsp3) is 0.0500. The number of aromatic nitrogens is 1. The Morgan fingerprint density at radius 1 is 1.00 bits per heavy atom. The zero-order valence-corrected chi connectivity index (χ0v) is 15.3. The summed E-state index contributed by atoms with van der Waals surface area (Å²) in [7, 11) is 0. The number of pyridine rings is 1. The van der Waals surface area contributed by atoms with Gasteiger partial charge in [0.25, 0.3) is 5.91 Å². The van der Waals surface area contributed by atoms with Crippen LogP contribution in [0.5, 0.6) is 0 Å². The minimum absolute atomic E-state index is 0. The number of halogens is 2. The number of carbonyl (C=O) groups excluding carboxylic acids is 2. The molecule has 4 rings (SSSR count). The number of hydrogen-bond acceptors (Lipinski definition) is 4. The van der Waals surface area contributed by atoms with E-state index in [0.717, 1.165) is 4.90 Å². The number of rotatable bonds is 5. The van der Waals surface area contributed by atoms with Crippen molar-refractivity contribution in [2.24, 2.45) is 0 Å². The molecule has 1 aromatic carbocycles. The first-order chi connectivity index (χ1) is 13.1. The first kappa shape index (κ1) is 19.3. The molecule has 1 aliphatic heterocycles. The van der Waals surface area contributed by atoms with E-state index in [2.05, 4.69) is 5.32 Å². The summed E-state index contributed by atoms with van der Waals surface area (Å²) < 4.78 is 20.3. The Balaban J connectivity index is 0.00000225. The van der Waals surface area contributed by atoms with E-state index in [0.29, 0.717) is 11.4 Å². The number of imide groups is 1. The molecule has 1 aliphatic rings. The summed E-state index contributed by atoms with van der Waals surface area (Å²) in [5, 5.41) is 2.90. The molecule has 142 valence electrons. The van der Waals surface area contributed by atoms with Crippen molar-refractivity contribution in [1.82, 2.24) is 4.90 Å². The Labute approximate surface area is 166 Å². The van der Waals surface area contributed by atoms with E-state index in [9.17, 15) is 14.0 Å². The van der Waals surface area contributed by atoms with Crippen molar-refractivity contribution in [3.05, 3.63) is 90.5 Å². The van der Waals surface area contributed by atoms with E-state index in [1.54, 1.807) is 53.4 Å². The number of nitrogens with zero attached hydrogens (tertiary/aromatic N) is 2. The molecular formula is C20H15ClFN3O3. The molecule has 3 aromatic rings. The molecule has 3 heterocycles. The van der Waals surface area contributed by atoms with Crippen LogP contribution >= 0.6 is 0 Å². The van der Waals surface area contributed by atoms with E-state index in [1.165, 1.54) is 24.5 Å². The summed E-state index contributed by atoms with van der Waals surface area (Å²) in [6, 6.07) is 14.4. The quantitative estimate of drug-likeness (QED) is 0.466. The number of furan rings is 1. The first-order valence-corrected chi connectivity index (χ1v) is 8.25. The number of benzene rings is 1. The van der Waals surface area contributed by atoms with E-state index in [4.69, 9.17) is 4.42 Å². The lowest BCUT2D eigenvalue weighted by molar-refractivity contribution is -0.577. The van der Waals surface area contributed by atoms with Crippen LogP contribution < -0.4 is 22.3 Å². The standard InChI is InChI=1S/C20H14FN3O3.ClH/c21-14-6-4-7-15(12-14)22-17-18(23-9-2-1-3-10-23)20(26)24(19(17)25)13-16-8-5-11-27-16;/h1-12H,13H2;1H. The van der Waals surface area contributed by atoms with Gasteiger partial charge in [-0.25, -0.2) is 4.39 Å². The summed E-state index contributed by atoms with van der Waals surface area (Å²) >= 11 is 0. The normalized spacial score (nSPS) is 13.7. The molecule has 0 spiro atoms. The highest BCUT2D eigenvalue weighted by atomic mass is 35.5. The van der Waals surface area contributed by atoms with Gasteiger partial charge in [-0.05, 0) is 30.3 Å². The van der Waals surface area contributed by atoms with E-state index >= 15 is 0 Å². The second-order valence-corrected chi connectivity index (χ2v) is 5.92. The highest BCUT2D eigenvalue weighted by Gasteiger charge is 2.45. The van der Waals surface area contributed by atoms with Crippen LogP contribution in [0.3, 0.4) is 0 Å². The molecule has 0 unspecified atom stereocenters. The summed E-state index contributed by atoms with van der Waals surface area (Å²) in [4.78, 5) is 27.0. The fourth-order valence-corrected chi connectivity index (χ4v) is 2.88. The lowest BCUT2D eigenvalue weighted by Crippen LogP contribution is -3.00. The summed E-state index contributed by atoms with van der Waals surface area (Å²) in [6.07, 6.45) is 4.82. The van der Waals surface area contributed by atoms with Gasteiger partial charge in [-0.2, -0.15) is 4.57 Å². The number of amides is 2. The third kappa shape index (κ3) is 3.65. The van der Waals surface area contributed by atoms with E-state index in [1.807, 2.05) is 0 Å². The third-order valence-corrected chi connectivity index (χ3v) is 4.11. The maximum Gasteiger partial charge on any atom is 0.328 e. The fourth-order valence-electron chi connectivity index (χ4n) is 2.88. The Morgan fingerprint density at radius 3 is 2.46 bits per heavy atom. The maximum atomic E-state index is 13.5. The van der Waals surface area contributed by atoms with Crippen LogP contribution in [0.2, 0.25) is 0 Å². The van der Waals surface area contributed by atoms with E-state index in [-0.39, 0.29) is 30.3 Å². The lowest BCUT2D eigenvalue weighted by Gasteiger charge is -2.12. The predicted octanol–water partition coefficient (Wildman–Crippen LogP) is -0.440. The van der Waals surface area contributed by atoms with Crippen molar-refractivity contribution >= 4 is 23.2 Å². The van der Waals surface area contributed by atoms with Gasteiger partial charge in [0, 0.05) is 17.8 Å². The van der Waals surface area contributed by atoms with Crippen molar-refractivity contribution in [1.29, 1.82) is 0 Å². The number of anilines is 1. The number of nitrogens with one attached hydrogen (secondary N) is 1. The summed E-state index contributed by atoms with van der Waals surface area (Å²) in [5.74, 6) is -0.932. The predicted molar refractivity (Wildman–Crippen MR) is 94.1 cm³/mol. The second-order valence-electron chi connectivity index (χ2n) is 5.92. The molecule has 0 radical (unpaired) electrons. The zero-order chi connectivity index (χ0) is 18.8. The van der Waals surface area contributed by atoms with E-state index < -0.39 is 17.6 Å². The van der Waals surface area contributed by atoms with Gasteiger partial charge in [0.15, 0.2) is 18.1 Å². The smallest absolute Gasteiger partial charge is 0.328 e. The highest BCUT2D eigenvalue weighted by Crippen LogP contribution is 2.25. The van der Waals surface area contributed by atoms with Crippen molar-refractivity contribution in [2.75, 3.05) is 5.32 Å². The van der Waals surface area contributed by atoms with Gasteiger partial charge in [0.2, 0.25) is 0 Å². The van der Waals surface area contributed by atoms with Crippen LogP contribution in [0, 0.1) is 5.82 Å². The maximum absolute atomic E-state index is 13.5. The molecule has 0 saturated carbocycles. The SMILES string of the molecule is O=C1C(Nc2cccc(F)c2)=C([n+]2ccccc2)C(=O)N1Cc1ccco1.[Cl-]. The van der Waals surface area contributed by atoms with Crippen molar-refractivity contribution in [3.63, 3.8) is 0 Å². The van der Waals surface area contributed by atoms with Gasteiger partial charge in [-0.3, -0.25) is 14.5 Å². The minimum atomic E-state index is -0.507. The molecule has 6 nitrogen and oxygen atoms in total. The van der Waals surface area contributed by atoms with Crippen LogP contribution in [0.1, 0.15) is 5.76 Å². The Bertz CT molecular complexity index is 1040. The zero-order valence-electron chi connectivity index (χ0n) is 14.5. The van der Waals surface area contributed by atoms with Crippen LogP contribution in [-0.2, 0) is 16.1 Å². The number of carbonyl (C=O) groups is 2. The van der Waals surface area contributed by atoms with Crippen molar-refractivity contribution in [3.8, 4) is 0 Å². The van der Waals surface area contributed by atoms with Crippen molar-refractivity contribution < 1.29 is 35.4 Å². The summed E-state index contributed by atoms with van der Waals surface area (Å²) in [6.45, 7) is 0.00981. The second kappa shape index (κ2) is 8.06. The Hall–Kier alpha value is -3.45. The molecule has 0 aliphatic carbocycles. The van der Waals surface area contributed by atoms with Crippen LogP contribution in [-0.4, -0.2) is 16.7 Å². The minimum Gasteiger partial charge on any atom is -1.00 e. The molecule has 8 heteroatoms. The monoisotopic (exact) mass is 399 g/mol. The van der Waals surface area contributed by atoms with Crippen LogP contribution in [0.15, 0.2) is 83.4 Å². The first-order valence-electron chi connectivity index (χ1n) is 8.25. The van der Waals surface area contributed by atoms with Gasteiger partial charge in [-0.15, -0.1) is 0 Å². The summed E-state index contributed by atoms with van der Waals surface area (Å²) in [5.41, 5.74) is 0.616. The average molecular weight is 400 g/mol. The molecular weight excluding hydrogens is 385 g/mol. The largest absolute Gasteiger partial charge is 1.00 e. The van der Waals surface area contributed by atoms with Gasteiger partial charge in [-0.1, -0.05) is 12.1 Å². The molecule has 2 amide bonds. The topological polar surface area (TPSA) is 66.4 Å². The third-order valence-electron chi connectivity index (χ3n) is 4.11. The van der Waals surface area contributed by atoms with Crippen LogP contribution in [0.4, 0.5) is 10.1 Å². The molecule has 28 heavy (non-hydrogen) atoms. The number of hydrogen-bond donors (Lipinski definition) is 1. The Kier molecular flexibility index (Phi) is 5.56. The lowest BCUT2D eigenvalue weighted by atomic mass is 10.2. The average Bonchev–Trinajstić information content (AvgIpc) is 3.26. The van der Waals surface area contributed by atoms with Gasteiger partial charge in [0.05, 0.1) is 12.8 Å². The molecule has 1 N–H and O–H groups in total. The molecule has 0 bridgehead atoms. The molecule has 0 atom stereocenters. The van der Waals surface area contributed by atoms with Gasteiger partial charge < -0.3 is 22.1 Å². The molecule has 0 fully saturated rings. The van der Waals surface area contributed by atoms with Gasteiger partial charge >= 0.3 is 11.6 Å².